The molecule has 0 atom stereocenters. The van der Waals surface area contributed by atoms with Crippen LogP contribution in [-0.2, 0) is 19.0 Å². The van der Waals surface area contributed by atoms with E-state index >= 15 is 0 Å². The van der Waals surface area contributed by atoms with Crippen molar-refractivity contribution in [2.75, 3.05) is 46.3 Å². The molecule has 0 amide bonds. The minimum absolute atomic E-state index is 0.000386. The summed E-state index contributed by atoms with van der Waals surface area (Å²) in [5.74, 6) is -0.879. The van der Waals surface area contributed by atoms with Crippen LogP contribution < -0.4 is 0 Å². The molecule has 6 heteroatoms. The van der Waals surface area contributed by atoms with Crippen LogP contribution in [0.2, 0.25) is 0 Å². The highest BCUT2D eigenvalue weighted by atomic mass is 19.1. The molecule has 0 aromatic heterocycles. The van der Waals surface area contributed by atoms with Crippen molar-refractivity contribution in [3.05, 3.63) is 0 Å². The molecule has 1 N–H and O–H groups in total. The number of aliphatic carboxylic acids is 1. The van der Waals surface area contributed by atoms with E-state index in [2.05, 4.69) is 0 Å². The minimum Gasteiger partial charge on any atom is -0.481 e. The Bertz CT molecular complexity index is 153. The summed E-state index contributed by atoms with van der Waals surface area (Å²) in [6, 6.07) is 0. The number of rotatable bonds is 11. The standard InChI is InChI=1S/C9H17FO5/c10-2-4-14-6-8-15-7-5-13-3-1-9(11)12/h1-8H2,(H,11,12). The zero-order chi connectivity index (χ0) is 11.4. The number of hydrogen-bond donors (Lipinski definition) is 1. The number of halogens is 1. The fourth-order valence-electron chi connectivity index (χ4n) is 0.756. The molecule has 15 heavy (non-hydrogen) atoms. The van der Waals surface area contributed by atoms with E-state index in [4.69, 9.17) is 19.3 Å². The average molecular weight is 224 g/mol. The van der Waals surface area contributed by atoms with Gasteiger partial charge in [0.15, 0.2) is 0 Å². The molecule has 0 aliphatic rings. The van der Waals surface area contributed by atoms with Gasteiger partial charge in [0.1, 0.15) is 6.67 Å². The van der Waals surface area contributed by atoms with E-state index in [1.807, 2.05) is 0 Å². The van der Waals surface area contributed by atoms with Gasteiger partial charge < -0.3 is 19.3 Å². The van der Waals surface area contributed by atoms with Gasteiger partial charge in [-0.1, -0.05) is 0 Å². The number of carboxylic acid groups (broad SMARTS) is 1. The van der Waals surface area contributed by atoms with Crippen LogP contribution in [0.15, 0.2) is 0 Å². The monoisotopic (exact) mass is 224 g/mol. The molecule has 0 saturated heterocycles. The van der Waals surface area contributed by atoms with Crippen LogP contribution in [0.3, 0.4) is 0 Å². The van der Waals surface area contributed by atoms with E-state index in [9.17, 15) is 9.18 Å². The second kappa shape index (κ2) is 11.4. The predicted molar refractivity (Wildman–Crippen MR) is 50.7 cm³/mol. The van der Waals surface area contributed by atoms with Gasteiger partial charge in [0.05, 0.1) is 46.1 Å². The van der Waals surface area contributed by atoms with Gasteiger partial charge in [-0.2, -0.15) is 0 Å². The highest BCUT2D eigenvalue weighted by molar-refractivity contribution is 5.66. The van der Waals surface area contributed by atoms with Crippen LogP contribution in [0, 0.1) is 0 Å². The maximum absolute atomic E-state index is 11.5. The van der Waals surface area contributed by atoms with Crippen molar-refractivity contribution in [1.29, 1.82) is 0 Å². The van der Waals surface area contributed by atoms with Gasteiger partial charge in [-0.15, -0.1) is 0 Å². The van der Waals surface area contributed by atoms with Crippen LogP contribution in [0.4, 0.5) is 4.39 Å². The Hall–Kier alpha value is -0.720. The second-order valence-corrected chi connectivity index (χ2v) is 2.67. The summed E-state index contributed by atoms with van der Waals surface area (Å²) in [6.07, 6.45) is -0.000386. The molecule has 5 nitrogen and oxygen atoms in total. The van der Waals surface area contributed by atoms with Crippen molar-refractivity contribution in [3.63, 3.8) is 0 Å². The molecular formula is C9H17FO5. The van der Waals surface area contributed by atoms with E-state index in [0.717, 1.165) is 0 Å². The molecule has 0 aliphatic heterocycles. The third-order valence-corrected chi connectivity index (χ3v) is 1.43. The molecule has 0 saturated carbocycles. The molecule has 0 spiro atoms. The molecule has 90 valence electrons. The van der Waals surface area contributed by atoms with Gasteiger partial charge in [0.25, 0.3) is 0 Å². The molecule has 0 bridgehead atoms. The largest absolute Gasteiger partial charge is 0.481 e. The minimum atomic E-state index is -0.879. The van der Waals surface area contributed by atoms with Crippen molar-refractivity contribution in [3.8, 4) is 0 Å². The lowest BCUT2D eigenvalue weighted by molar-refractivity contribution is -0.138. The Balaban J connectivity index is 2.89. The predicted octanol–water partition coefficient (Wildman–Crippen LogP) is 0.480. The van der Waals surface area contributed by atoms with Crippen LogP contribution in [0.1, 0.15) is 6.42 Å². The van der Waals surface area contributed by atoms with Gasteiger partial charge in [0, 0.05) is 0 Å². The quantitative estimate of drug-likeness (QED) is 0.517. The Morgan fingerprint density at radius 2 is 1.40 bits per heavy atom. The first-order valence-corrected chi connectivity index (χ1v) is 4.78. The van der Waals surface area contributed by atoms with Gasteiger partial charge in [-0.05, 0) is 0 Å². The van der Waals surface area contributed by atoms with Crippen LogP contribution in [-0.4, -0.2) is 57.4 Å². The maximum Gasteiger partial charge on any atom is 0.305 e. The van der Waals surface area contributed by atoms with Crippen molar-refractivity contribution < 1.29 is 28.5 Å². The molecule has 0 fully saturated rings. The van der Waals surface area contributed by atoms with Crippen molar-refractivity contribution >= 4 is 5.97 Å². The van der Waals surface area contributed by atoms with E-state index < -0.39 is 12.6 Å². The van der Waals surface area contributed by atoms with Crippen molar-refractivity contribution in [1.82, 2.24) is 0 Å². The normalized spacial score (nSPS) is 10.5. The number of carboxylic acids is 1. The number of hydrogen-bond acceptors (Lipinski definition) is 4. The lowest BCUT2D eigenvalue weighted by atomic mass is 10.5. The fourth-order valence-corrected chi connectivity index (χ4v) is 0.756. The first-order valence-electron chi connectivity index (χ1n) is 4.78. The lowest BCUT2D eigenvalue weighted by Gasteiger charge is -2.04. The van der Waals surface area contributed by atoms with Crippen LogP contribution in [0.25, 0.3) is 0 Å². The molecule has 0 aromatic carbocycles. The second-order valence-electron chi connectivity index (χ2n) is 2.67. The Kier molecular flexibility index (Phi) is 10.8. The van der Waals surface area contributed by atoms with E-state index in [0.29, 0.717) is 26.4 Å². The first-order chi connectivity index (χ1) is 7.27. The summed E-state index contributed by atoms with van der Waals surface area (Å²) in [4.78, 5) is 10.1. The SMILES string of the molecule is O=C(O)CCOCCOCCOCCF. The maximum atomic E-state index is 11.5. The van der Waals surface area contributed by atoms with E-state index in [1.54, 1.807) is 0 Å². The molecular weight excluding hydrogens is 207 g/mol. The smallest absolute Gasteiger partial charge is 0.305 e. The number of ether oxygens (including phenoxy) is 3. The highest BCUT2D eigenvalue weighted by Crippen LogP contribution is 1.84. The summed E-state index contributed by atoms with van der Waals surface area (Å²) >= 11 is 0. The van der Waals surface area contributed by atoms with Gasteiger partial charge in [-0.25, -0.2) is 4.39 Å². The summed E-state index contributed by atoms with van der Waals surface area (Å²) in [6.45, 7) is 1.30. The summed E-state index contributed by atoms with van der Waals surface area (Å²) in [5.41, 5.74) is 0. The zero-order valence-corrected chi connectivity index (χ0v) is 8.62. The fraction of sp³-hybridized carbons (Fsp3) is 0.889. The van der Waals surface area contributed by atoms with Crippen molar-refractivity contribution in [2.45, 2.75) is 6.42 Å². The van der Waals surface area contributed by atoms with Crippen LogP contribution in [0.5, 0.6) is 0 Å². The number of alkyl halides is 1. The molecule has 0 radical (unpaired) electrons. The molecule has 0 aliphatic carbocycles. The van der Waals surface area contributed by atoms with Crippen LogP contribution >= 0.6 is 0 Å². The molecule has 0 unspecified atom stereocenters. The summed E-state index contributed by atoms with van der Waals surface area (Å²) in [5, 5.41) is 8.28. The first kappa shape index (κ1) is 14.3. The zero-order valence-electron chi connectivity index (χ0n) is 8.62. The van der Waals surface area contributed by atoms with E-state index in [-0.39, 0.29) is 19.6 Å². The van der Waals surface area contributed by atoms with E-state index in [1.165, 1.54) is 0 Å². The Morgan fingerprint density at radius 1 is 0.933 bits per heavy atom. The van der Waals surface area contributed by atoms with Crippen molar-refractivity contribution in [2.24, 2.45) is 0 Å². The summed E-state index contributed by atoms with van der Waals surface area (Å²) < 4.78 is 26.4. The topological polar surface area (TPSA) is 65.0 Å². The third kappa shape index (κ3) is 13.3. The summed E-state index contributed by atoms with van der Waals surface area (Å²) in [7, 11) is 0. The average Bonchev–Trinajstić information content (AvgIpc) is 2.20. The molecule has 0 aromatic rings. The van der Waals surface area contributed by atoms with Gasteiger partial charge in [0.2, 0.25) is 0 Å². The van der Waals surface area contributed by atoms with Gasteiger partial charge in [-0.3, -0.25) is 4.79 Å². The number of carbonyl (C=O) groups is 1. The van der Waals surface area contributed by atoms with Gasteiger partial charge >= 0.3 is 5.97 Å². The molecule has 0 heterocycles. The third-order valence-electron chi connectivity index (χ3n) is 1.43. The highest BCUT2D eigenvalue weighted by Gasteiger charge is 1.96. The lowest BCUT2D eigenvalue weighted by Crippen LogP contribution is -2.11. The Morgan fingerprint density at radius 3 is 1.87 bits per heavy atom. The Labute approximate surface area is 88.1 Å². The molecule has 0 rings (SSSR count).